The minimum atomic E-state index is -0.779. The summed E-state index contributed by atoms with van der Waals surface area (Å²) in [6, 6.07) is 1.93. The van der Waals surface area contributed by atoms with Gasteiger partial charge in [-0.25, -0.2) is 4.98 Å². The zero-order chi connectivity index (χ0) is 22.6. The van der Waals surface area contributed by atoms with Crippen LogP contribution in [0.5, 0.6) is 0 Å². The Morgan fingerprint density at radius 2 is 2.00 bits per heavy atom. The average Bonchev–Trinajstić information content (AvgIpc) is 3.21. The second kappa shape index (κ2) is 8.20. The third-order valence-corrected chi connectivity index (χ3v) is 8.50. The molecule has 0 radical (unpaired) electrons. The van der Waals surface area contributed by atoms with E-state index in [9.17, 15) is 19.8 Å². The molecule has 1 amide bonds. The topological polar surface area (TPSA) is 103 Å². The highest BCUT2D eigenvalue weighted by molar-refractivity contribution is 7.80. The van der Waals surface area contributed by atoms with E-state index in [1.807, 2.05) is 11.0 Å². The Bertz CT molecular complexity index is 922. The van der Waals surface area contributed by atoms with Crippen LogP contribution in [-0.4, -0.2) is 51.8 Å². The predicted molar refractivity (Wildman–Crippen MR) is 123 cm³/mol. The highest BCUT2D eigenvalue weighted by Gasteiger charge is 2.55. The number of pyridine rings is 1. The van der Waals surface area contributed by atoms with Crippen molar-refractivity contribution in [2.45, 2.75) is 74.8 Å². The van der Waals surface area contributed by atoms with Crippen LogP contribution < -0.4 is 10.2 Å². The van der Waals surface area contributed by atoms with Gasteiger partial charge in [-0.05, 0) is 68.8 Å². The van der Waals surface area contributed by atoms with Crippen molar-refractivity contribution < 1.29 is 19.8 Å². The lowest BCUT2D eigenvalue weighted by Crippen LogP contribution is -2.61. The van der Waals surface area contributed by atoms with Crippen molar-refractivity contribution in [2.24, 2.45) is 23.7 Å². The van der Waals surface area contributed by atoms with Gasteiger partial charge >= 0.3 is 5.97 Å². The molecule has 32 heavy (non-hydrogen) atoms. The second-order valence-corrected chi connectivity index (χ2v) is 11.0. The van der Waals surface area contributed by atoms with Crippen molar-refractivity contribution in [1.29, 1.82) is 0 Å². The molecule has 3 atom stereocenters. The molecule has 1 aromatic heterocycles. The normalized spacial score (nSPS) is 35.3. The average molecular weight is 460 g/mol. The first-order valence-corrected chi connectivity index (χ1v) is 12.4. The predicted octanol–water partition coefficient (Wildman–Crippen LogP) is 2.90. The van der Waals surface area contributed by atoms with Crippen LogP contribution in [0.4, 0.5) is 5.82 Å². The number of carboxylic acid groups (broad SMARTS) is 1. The summed E-state index contributed by atoms with van der Waals surface area (Å²) in [5, 5.41) is 23.5. The molecular weight excluding hydrogens is 426 g/mol. The maximum atomic E-state index is 13.4. The molecule has 4 aliphatic carbocycles. The van der Waals surface area contributed by atoms with Crippen molar-refractivity contribution in [1.82, 2.24) is 10.3 Å². The Kier molecular flexibility index (Phi) is 5.64. The van der Waals surface area contributed by atoms with Gasteiger partial charge in [-0.15, -0.1) is 12.6 Å². The number of hydrogen-bond donors (Lipinski definition) is 4. The van der Waals surface area contributed by atoms with E-state index >= 15 is 0 Å². The molecule has 6 rings (SSSR count). The molecule has 4 bridgehead atoms. The number of hydrogen-bond acceptors (Lipinski definition) is 6. The molecule has 174 valence electrons. The molecule has 5 fully saturated rings. The fourth-order valence-corrected chi connectivity index (χ4v) is 7.31. The number of aliphatic hydroxyl groups is 1. The summed E-state index contributed by atoms with van der Waals surface area (Å²) in [5.41, 5.74) is 0.803. The minimum absolute atomic E-state index is 0.0999. The summed E-state index contributed by atoms with van der Waals surface area (Å²) in [6.45, 7) is 3.11. The van der Waals surface area contributed by atoms with Gasteiger partial charge in [0, 0.05) is 24.0 Å². The Morgan fingerprint density at radius 1 is 1.28 bits per heavy atom. The maximum Gasteiger partial charge on any atom is 0.308 e. The number of rotatable bonds is 6. The quantitative estimate of drug-likeness (QED) is 0.488. The summed E-state index contributed by atoms with van der Waals surface area (Å²) in [6.07, 6.45) is 6.84. The molecule has 1 saturated heterocycles. The van der Waals surface area contributed by atoms with Crippen LogP contribution in [0.25, 0.3) is 0 Å². The van der Waals surface area contributed by atoms with E-state index in [1.165, 1.54) is 0 Å². The van der Waals surface area contributed by atoms with E-state index in [-0.39, 0.29) is 11.9 Å². The summed E-state index contributed by atoms with van der Waals surface area (Å²) < 4.78 is 0. The van der Waals surface area contributed by atoms with Gasteiger partial charge in [0.25, 0.3) is 5.91 Å². The largest absolute Gasteiger partial charge is 0.481 e. The number of carbonyl (C=O) groups excluding carboxylic acids is 1. The van der Waals surface area contributed by atoms with Gasteiger partial charge in [0.15, 0.2) is 0 Å². The molecule has 2 heterocycles. The van der Waals surface area contributed by atoms with Crippen LogP contribution in [0.3, 0.4) is 0 Å². The van der Waals surface area contributed by atoms with Crippen LogP contribution in [0.15, 0.2) is 11.0 Å². The number of aryl methyl sites for hydroxylation is 1. The maximum absolute atomic E-state index is 13.4. The van der Waals surface area contributed by atoms with E-state index in [0.29, 0.717) is 60.0 Å². The molecule has 3 unspecified atom stereocenters. The van der Waals surface area contributed by atoms with Crippen molar-refractivity contribution in [3.05, 3.63) is 17.3 Å². The number of aliphatic carboxylic acids is 1. The van der Waals surface area contributed by atoms with E-state index in [1.54, 1.807) is 0 Å². The van der Waals surface area contributed by atoms with Gasteiger partial charge in [0.1, 0.15) is 5.82 Å². The molecule has 5 aliphatic rings. The van der Waals surface area contributed by atoms with E-state index in [4.69, 9.17) is 4.98 Å². The fourth-order valence-electron chi connectivity index (χ4n) is 6.99. The highest BCUT2D eigenvalue weighted by atomic mass is 32.1. The summed E-state index contributed by atoms with van der Waals surface area (Å²) >= 11 is 4.63. The first kappa shape index (κ1) is 22.0. The van der Waals surface area contributed by atoms with Crippen LogP contribution in [-0.2, 0) is 11.2 Å². The summed E-state index contributed by atoms with van der Waals surface area (Å²) in [4.78, 5) is 32.1. The Labute approximate surface area is 194 Å². The number of thiol groups is 1. The smallest absolute Gasteiger partial charge is 0.308 e. The van der Waals surface area contributed by atoms with Crippen molar-refractivity contribution in [2.75, 3.05) is 18.0 Å². The molecule has 1 aromatic rings. The molecule has 7 nitrogen and oxygen atoms in total. The lowest BCUT2D eigenvalue weighted by atomic mass is 9.52. The SMILES string of the molecule is CCCc1nc(N2CCC(C(=O)O)C2)c(S)cc1C(=O)NC1C2CC3CC1CC(O)(C3)C2. The van der Waals surface area contributed by atoms with E-state index in [0.717, 1.165) is 44.2 Å². The van der Waals surface area contributed by atoms with Crippen molar-refractivity contribution in [3.63, 3.8) is 0 Å². The standard InChI is InChI=1S/C24H33N3O4S/c1-2-3-18-17(8-19(32)21(25-18)27-5-4-14(12-27)23(29)30)22(28)26-20-15-6-13-7-16(20)11-24(31,9-13)10-15/h8,13-16,20,31-32H,2-7,9-12H2,1H3,(H,26,28)(H,29,30). The number of nitrogens with zero attached hydrogens (tertiary/aromatic N) is 2. The number of anilines is 1. The van der Waals surface area contributed by atoms with Gasteiger partial charge in [0.2, 0.25) is 0 Å². The van der Waals surface area contributed by atoms with Crippen molar-refractivity contribution >= 4 is 30.3 Å². The number of carboxylic acids is 1. The van der Waals surface area contributed by atoms with Gasteiger partial charge < -0.3 is 20.4 Å². The summed E-state index contributed by atoms with van der Waals surface area (Å²) in [5.74, 6) is 0.703. The lowest BCUT2D eigenvalue weighted by molar-refractivity contribution is -0.141. The number of amides is 1. The van der Waals surface area contributed by atoms with E-state index < -0.39 is 17.5 Å². The zero-order valence-corrected chi connectivity index (χ0v) is 19.5. The molecule has 4 saturated carbocycles. The molecular formula is C24H33N3O4S. The van der Waals surface area contributed by atoms with Crippen LogP contribution in [0.2, 0.25) is 0 Å². The summed E-state index contributed by atoms with van der Waals surface area (Å²) in [7, 11) is 0. The fraction of sp³-hybridized carbons (Fsp3) is 0.708. The first-order chi connectivity index (χ1) is 15.3. The first-order valence-electron chi connectivity index (χ1n) is 12.0. The third kappa shape index (κ3) is 3.89. The van der Waals surface area contributed by atoms with Gasteiger partial charge in [-0.2, -0.15) is 0 Å². The van der Waals surface area contributed by atoms with Gasteiger partial charge in [0.05, 0.1) is 22.8 Å². The molecule has 1 aliphatic heterocycles. The van der Waals surface area contributed by atoms with Gasteiger partial charge in [-0.1, -0.05) is 13.3 Å². The monoisotopic (exact) mass is 459 g/mol. The molecule has 0 spiro atoms. The zero-order valence-electron chi connectivity index (χ0n) is 18.6. The van der Waals surface area contributed by atoms with E-state index in [2.05, 4.69) is 24.9 Å². The molecule has 0 aromatic carbocycles. The number of aromatic nitrogens is 1. The van der Waals surface area contributed by atoms with Crippen LogP contribution in [0.1, 0.15) is 67.9 Å². The Hall–Kier alpha value is -1.80. The van der Waals surface area contributed by atoms with Crippen LogP contribution in [0, 0.1) is 23.7 Å². The lowest BCUT2D eigenvalue weighted by Gasteiger charge is -2.58. The Balaban J connectivity index is 1.37. The third-order valence-electron chi connectivity index (χ3n) is 8.17. The molecule has 3 N–H and O–H groups in total. The van der Waals surface area contributed by atoms with Crippen LogP contribution >= 0.6 is 12.6 Å². The second-order valence-electron chi connectivity index (χ2n) is 10.5. The highest BCUT2D eigenvalue weighted by Crippen LogP contribution is 2.55. The Morgan fingerprint density at radius 3 is 2.59 bits per heavy atom. The van der Waals surface area contributed by atoms with Gasteiger partial charge in [-0.3, -0.25) is 9.59 Å². The van der Waals surface area contributed by atoms with Crippen molar-refractivity contribution in [3.8, 4) is 0 Å². The number of carbonyl (C=O) groups is 2. The molecule has 8 heteroatoms. The number of nitrogens with one attached hydrogen (secondary N) is 1. The minimum Gasteiger partial charge on any atom is -0.481 e.